The van der Waals surface area contributed by atoms with Crippen LogP contribution in [0.4, 0.5) is 5.69 Å². The van der Waals surface area contributed by atoms with Crippen molar-refractivity contribution in [1.29, 1.82) is 0 Å². The molecule has 2 aromatic carbocycles. The topological polar surface area (TPSA) is 113 Å². The summed E-state index contributed by atoms with van der Waals surface area (Å²) < 4.78 is 5.55. The first-order chi connectivity index (χ1) is 13.6. The Morgan fingerprint density at radius 3 is 2.89 bits per heavy atom. The number of hydrogen-bond acceptors (Lipinski definition) is 5. The van der Waals surface area contributed by atoms with Gasteiger partial charge in [0.2, 0.25) is 5.91 Å². The fraction of sp³-hybridized carbons (Fsp3) is 0.200. The van der Waals surface area contributed by atoms with Crippen LogP contribution < -0.4 is 10.6 Å². The molecule has 4 rings (SSSR count). The maximum absolute atomic E-state index is 12.3. The number of aromatic nitrogens is 3. The Balaban J connectivity index is 1.32. The maximum Gasteiger partial charge on any atom is 0.272 e. The smallest absolute Gasteiger partial charge is 0.272 e. The van der Waals surface area contributed by atoms with E-state index in [1.54, 1.807) is 18.2 Å². The van der Waals surface area contributed by atoms with Gasteiger partial charge >= 0.3 is 0 Å². The Labute approximate surface area is 160 Å². The number of fused-ring (bicyclic) bond motifs is 2. The first-order valence-corrected chi connectivity index (χ1v) is 9.04. The standard InChI is InChI=1S/C20H19N5O3/c1-2-18-23-15-11-12(7-8-16(15)28-18)22-17(26)9-10-21-20(27)19-13-5-3-4-6-14(13)24-25-19/h3-8,11H,2,9-10H2,1H3,(H,21,27)(H,22,26)(H,24,25). The van der Waals surface area contributed by atoms with Gasteiger partial charge in [0.1, 0.15) is 5.52 Å². The van der Waals surface area contributed by atoms with Gasteiger partial charge in [0.15, 0.2) is 17.2 Å². The van der Waals surface area contributed by atoms with E-state index < -0.39 is 0 Å². The highest BCUT2D eigenvalue weighted by Crippen LogP contribution is 2.20. The summed E-state index contributed by atoms with van der Waals surface area (Å²) in [6.07, 6.45) is 0.854. The largest absolute Gasteiger partial charge is 0.441 e. The van der Waals surface area contributed by atoms with Crippen LogP contribution >= 0.6 is 0 Å². The SMILES string of the molecule is CCc1nc2cc(NC(=O)CCNC(=O)c3n[nH]c4ccccc34)ccc2o1. The second-order valence-electron chi connectivity index (χ2n) is 6.32. The molecule has 3 N–H and O–H groups in total. The van der Waals surface area contributed by atoms with Gasteiger partial charge in [0.05, 0.1) is 5.52 Å². The number of carbonyl (C=O) groups is 2. The molecule has 0 aliphatic heterocycles. The van der Waals surface area contributed by atoms with E-state index >= 15 is 0 Å². The zero-order chi connectivity index (χ0) is 19.5. The van der Waals surface area contributed by atoms with Crippen LogP contribution in [0.2, 0.25) is 0 Å². The highest BCUT2D eigenvalue weighted by atomic mass is 16.3. The number of aromatic amines is 1. The molecule has 2 heterocycles. The van der Waals surface area contributed by atoms with E-state index in [0.717, 1.165) is 10.9 Å². The number of aryl methyl sites for hydroxylation is 1. The molecule has 0 bridgehead atoms. The average Bonchev–Trinajstić information content (AvgIpc) is 3.31. The Bertz CT molecular complexity index is 1160. The number of anilines is 1. The minimum absolute atomic E-state index is 0.144. The van der Waals surface area contributed by atoms with E-state index in [1.807, 2.05) is 31.2 Å². The zero-order valence-corrected chi connectivity index (χ0v) is 15.3. The lowest BCUT2D eigenvalue weighted by Crippen LogP contribution is -2.28. The quantitative estimate of drug-likeness (QED) is 0.478. The van der Waals surface area contributed by atoms with Gasteiger partial charge in [-0.1, -0.05) is 25.1 Å². The van der Waals surface area contributed by atoms with Crippen molar-refractivity contribution in [2.75, 3.05) is 11.9 Å². The average molecular weight is 377 g/mol. The molecule has 2 aromatic heterocycles. The van der Waals surface area contributed by atoms with Crippen LogP contribution in [0, 0.1) is 0 Å². The van der Waals surface area contributed by atoms with Crippen molar-refractivity contribution in [2.24, 2.45) is 0 Å². The van der Waals surface area contributed by atoms with E-state index in [2.05, 4.69) is 25.8 Å². The summed E-state index contributed by atoms with van der Waals surface area (Å²) >= 11 is 0. The molecule has 142 valence electrons. The number of H-pyrrole nitrogens is 1. The highest BCUT2D eigenvalue weighted by molar-refractivity contribution is 6.04. The van der Waals surface area contributed by atoms with Crippen molar-refractivity contribution in [2.45, 2.75) is 19.8 Å². The van der Waals surface area contributed by atoms with Crippen molar-refractivity contribution in [3.63, 3.8) is 0 Å². The van der Waals surface area contributed by atoms with Gasteiger partial charge in [-0.15, -0.1) is 0 Å². The number of para-hydroxylation sites is 1. The molecule has 0 aliphatic rings. The Morgan fingerprint density at radius 2 is 2.04 bits per heavy atom. The van der Waals surface area contributed by atoms with E-state index in [9.17, 15) is 9.59 Å². The van der Waals surface area contributed by atoms with Gasteiger partial charge in [0, 0.05) is 30.5 Å². The Morgan fingerprint density at radius 1 is 1.18 bits per heavy atom. The molecule has 0 unspecified atom stereocenters. The normalized spacial score (nSPS) is 11.0. The van der Waals surface area contributed by atoms with Gasteiger partial charge in [-0.2, -0.15) is 5.10 Å². The van der Waals surface area contributed by atoms with Crippen LogP contribution in [-0.2, 0) is 11.2 Å². The highest BCUT2D eigenvalue weighted by Gasteiger charge is 2.14. The summed E-state index contributed by atoms with van der Waals surface area (Å²) in [7, 11) is 0. The summed E-state index contributed by atoms with van der Waals surface area (Å²) in [6.45, 7) is 2.17. The molecule has 8 nitrogen and oxygen atoms in total. The van der Waals surface area contributed by atoms with Crippen molar-refractivity contribution < 1.29 is 14.0 Å². The number of oxazole rings is 1. The van der Waals surface area contributed by atoms with Gasteiger partial charge in [-0.3, -0.25) is 14.7 Å². The minimum atomic E-state index is -0.318. The number of amides is 2. The van der Waals surface area contributed by atoms with E-state index in [4.69, 9.17) is 4.42 Å². The van der Waals surface area contributed by atoms with Crippen LogP contribution in [0.1, 0.15) is 29.7 Å². The lowest BCUT2D eigenvalue weighted by Gasteiger charge is -2.06. The van der Waals surface area contributed by atoms with Crippen molar-refractivity contribution in [3.05, 3.63) is 54.0 Å². The second-order valence-corrected chi connectivity index (χ2v) is 6.32. The number of benzene rings is 2. The Hall–Kier alpha value is -3.68. The lowest BCUT2D eigenvalue weighted by atomic mass is 10.2. The van der Waals surface area contributed by atoms with Crippen LogP contribution in [0.5, 0.6) is 0 Å². The zero-order valence-electron chi connectivity index (χ0n) is 15.3. The molecule has 8 heteroatoms. The molecule has 0 saturated carbocycles. The van der Waals surface area contributed by atoms with Crippen LogP contribution in [0.3, 0.4) is 0 Å². The molecule has 4 aromatic rings. The van der Waals surface area contributed by atoms with E-state index in [1.165, 1.54) is 0 Å². The number of hydrogen-bond donors (Lipinski definition) is 3. The summed E-state index contributed by atoms with van der Waals surface area (Å²) in [4.78, 5) is 28.8. The second kappa shape index (κ2) is 7.51. The monoisotopic (exact) mass is 377 g/mol. The van der Waals surface area contributed by atoms with Crippen LogP contribution in [-0.4, -0.2) is 33.5 Å². The first kappa shape index (κ1) is 17.7. The third-order valence-electron chi connectivity index (χ3n) is 4.34. The van der Waals surface area contributed by atoms with Gasteiger partial charge < -0.3 is 15.1 Å². The predicted octanol–water partition coefficient (Wildman–Crippen LogP) is 3.03. The molecule has 28 heavy (non-hydrogen) atoms. The minimum Gasteiger partial charge on any atom is -0.441 e. The third-order valence-corrected chi connectivity index (χ3v) is 4.34. The first-order valence-electron chi connectivity index (χ1n) is 9.04. The van der Waals surface area contributed by atoms with Gasteiger partial charge in [-0.25, -0.2) is 4.98 Å². The van der Waals surface area contributed by atoms with Gasteiger partial charge in [-0.05, 0) is 24.3 Å². The molecular formula is C20H19N5O3. The number of nitrogens with one attached hydrogen (secondary N) is 3. The fourth-order valence-corrected chi connectivity index (χ4v) is 2.94. The molecule has 0 radical (unpaired) electrons. The van der Waals surface area contributed by atoms with Crippen LogP contribution in [0.15, 0.2) is 46.9 Å². The molecule has 2 amide bonds. The molecule has 0 aliphatic carbocycles. The van der Waals surface area contributed by atoms with Crippen molar-refractivity contribution in [3.8, 4) is 0 Å². The summed E-state index contributed by atoms with van der Waals surface area (Å²) in [5.74, 6) is 0.138. The van der Waals surface area contributed by atoms with Crippen molar-refractivity contribution >= 4 is 39.5 Å². The molecule has 0 saturated heterocycles. The summed E-state index contributed by atoms with van der Waals surface area (Å²) in [5.41, 5.74) is 3.14. The van der Waals surface area contributed by atoms with Crippen molar-refractivity contribution in [1.82, 2.24) is 20.5 Å². The third kappa shape index (κ3) is 3.57. The predicted molar refractivity (Wildman–Crippen MR) is 105 cm³/mol. The molecule has 0 atom stereocenters. The number of carbonyl (C=O) groups excluding carboxylic acids is 2. The van der Waals surface area contributed by atoms with E-state index in [0.29, 0.717) is 34.8 Å². The summed E-state index contributed by atoms with van der Waals surface area (Å²) in [5, 5.41) is 13.1. The van der Waals surface area contributed by atoms with Crippen LogP contribution in [0.25, 0.3) is 22.0 Å². The Kier molecular flexibility index (Phi) is 4.76. The molecular weight excluding hydrogens is 358 g/mol. The lowest BCUT2D eigenvalue weighted by molar-refractivity contribution is -0.116. The molecule has 0 spiro atoms. The van der Waals surface area contributed by atoms with E-state index in [-0.39, 0.29) is 24.8 Å². The maximum atomic E-state index is 12.3. The number of nitrogens with zero attached hydrogens (tertiary/aromatic N) is 2. The number of rotatable bonds is 6. The molecule has 0 fully saturated rings. The fourth-order valence-electron chi connectivity index (χ4n) is 2.94. The summed E-state index contributed by atoms with van der Waals surface area (Å²) in [6, 6.07) is 12.7. The van der Waals surface area contributed by atoms with Gasteiger partial charge in [0.25, 0.3) is 5.91 Å².